The minimum absolute atomic E-state index is 0.339. The maximum Gasteiger partial charge on any atom is 0.410 e. The number of benzene rings is 1. The van der Waals surface area contributed by atoms with Crippen LogP contribution in [0.4, 0.5) is 4.79 Å². The Balaban J connectivity index is 1.61. The molecular formula is C23H28N2O4. The van der Waals surface area contributed by atoms with Crippen LogP contribution in [-0.2, 0) is 11.3 Å². The zero-order valence-corrected chi connectivity index (χ0v) is 17.5. The van der Waals surface area contributed by atoms with Crippen LogP contribution in [0, 0.1) is 6.92 Å². The molecule has 0 N–H and O–H groups in total. The van der Waals surface area contributed by atoms with Crippen LogP contribution < -0.4 is 4.74 Å². The number of fused-ring (bicyclic) bond motifs is 1. The van der Waals surface area contributed by atoms with Gasteiger partial charge in [-0.15, -0.1) is 0 Å². The third-order valence-corrected chi connectivity index (χ3v) is 4.32. The molecule has 0 fully saturated rings. The SMILES string of the molecule is Cc1coc2cccc(OCCCN(Cc3cccnc3)C(=O)OC(C)(C)C)c12. The van der Waals surface area contributed by atoms with Gasteiger partial charge in [0.2, 0.25) is 0 Å². The molecule has 0 saturated carbocycles. The largest absolute Gasteiger partial charge is 0.493 e. The molecule has 0 aliphatic rings. The van der Waals surface area contributed by atoms with E-state index in [2.05, 4.69) is 4.98 Å². The van der Waals surface area contributed by atoms with Crippen molar-refractivity contribution in [1.82, 2.24) is 9.88 Å². The van der Waals surface area contributed by atoms with Crippen LogP contribution in [0.5, 0.6) is 5.75 Å². The van der Waals surface area contributed by atoms with Gasteiger partial charge in [-0.3, -0.25) is 4.98 Å². The molecule has 1 aromatic carbocycles. The second-order valence-electron chi connectivity index (χ2n) is 8.01. The number of aromatic nitrogens is 1. The molecule has 0 aliphatic carbocycles. The van der Waals surface area contributed by atoms with E-state index in [0.717, 1.165) is 27.8 Å². The zero-order chi connectivity index (χ0) is 20.9. The highest BCUT2D eigenvalue weighted by Gasteiger charge is 2.22. The normalized spacial score (nSPS) is 11.4. The van der Waals surface area contributed by atoms with E-state index < -0.39 is 5.60 Å². The second kappa shape index (κ2) is 8.99. The van der Waals surface area contributed by atoms with Crippen molar-refractivity contribution in [3.05, 3.63) is 60.1 Å². The summed E-state index contributed by atoms with van der Waals surface area (Å²) in [6, 6.07) is 9.58. The Morgan fingerprint density at radius 2 is 2.03 bits per heavy atom. The standard InChI is InChI=1S/C23H28N2O4/c1-17-16-28-20-10-5-9-19(21(17)20)27-13-7-12-25(22(26)29-23(2,3)4)15-18-8-6-11-24-14-18/h5-6,8-11,14,16H,7,12-13,15H2,1-4H3. The molecule has 6 heteroatoms. The van der Waals surface area contributed by atoms with Crippen molar-refractivity contribution >= 4 is 17.1 Å². The highest BCUT2D eigenvalue weighted by atomic mass is 16.6. The molecule has 0 unspecified atom stereocenters. The first-order valence-electron chi connectivity index (χ1n) is 9.80. The number of aryl methyl sites for hydroxylation is 1. The van der Waals surface area contributed by atoms with Crippen LogP contribution in [-0.4, -0.2) is 34.7 Å². The monoisotopic (exact) mass is 396 g/mol. The number of ether oxygens (including phenoxy) is 2. The van der Waals surface area contributed by atoms with E-state index in [9.17, 15) is 4.79 Å². The van der Waals surface area contributed by atoms with E-state index >= 15 is 0 Å². The summed E-state index contributed by atoms with van der Waals surface area (Å²) in [7, 11) is 0. The lowest BCUT2D eigenvalue weighted by atomic mass is 10.2. The van der Waals surface area contributed by atoms with E-state index in [1.807, 2.05) is 58.0 Å². The van der Waals surface area contributed by atoms with Crippen LogP contribution in [0.2, 0.25) is 0 Å². The molecule has 0 radical (unpaired) electrons. The molecule has 3 rings (SSSR count). The minimum atomic E-state index is -0.546. The fourth-order valence-corrected chi connectivity index (χ4v) is 3.04. The lowest BCUT2D eigenvalue weighted by Crippen LogP contribution is -2.37. The average molecular weight is 396 g/mol. The minimum Gasteiger partial charge on any atom is -0.493 e. The van der Waals surface area contributed by atoms with Crippen molar-refractivity contribution in [2.45, 2.75) is 46.3 Å². The smallest absolute Gasteiger partial charge is 0.410 e. The molecule has 154 valence electrons. The zero-order valence-electron chi connectivity index (χ0n) is 17.5. The number of pyridine rings is 1. The summed E-state index contributed by atoms with van der Waals surface area (Å²) in [4.78, 5) is 18.5. The van der Waals surface area contributed by atoms with Gasteiger partial charge in [0.25, 0.3) is 0 Å². The predicted molar refractivity (Wildman–Crippen MR) is 112 cm³/mol. The summed E-state index contributed by atoms with van der Waals surface area (Å²) in [6.07, 6.45) is 5.54. The van der Waals surface area contributed by atoms with Gasteiger partial charge in [0.05, 0.1) is 24.8 Å². The molecule has 29 heavy (non-hydrogen) atoms. The van der Waals surface area contributed by atoms with Crippen molar-refractivity contribution < 1.29 is 18.7 Å². The number of rotatable bonds is 7. The van der Waals surface area contributed by atoms with Crippen molar-refractivity contribution in [3.63, 3.8) is 0 Å². The van der Waals surface area contributed by atoms with Gasteiger partial charge in [-0.1, -0.05) is 12.1 Å². The summed E-state index contributed by atoms with van der Waals surface area (Å²) in [5, 5.41) is 0.992. The molecular weight excluding hydrogens is 368 g/mol. The van der Waals surface area contributed by atoms with Gasteiger partial charge in [0.1, 0.15) is 16.9 Å². The lowest BCUT2D eigenvalue weighted by molar-refractivity contribution is 0.0225. The molecule has 2 aromatic heterocycles. The molecule has 3 aromatic rings. The van der Waals surface area contributed by atoms with Gasteiger partial charge >= 0.3 is 6.09 Å². The van der Waals surface area contributed by atoms with Gasteiger partial charge in [0, 0.05) is 18.9 Å². The summed E-state index contributed by atoms with van der Waals surface area (Å²) in [5.74, 6) is 0.796. The van der Waals surface area contributed by atoms with Crippen molar-refractivity contribution in [3.8, 4) is 5.75 Å². The highest BCUT2D eigenvalue weighted by molar-refractivity contribution is 5.87. The van der Waals surface area contributed by atoms with Crippen LogP contribution in [0.25, 0.3) is 11.0 Å². The quantitative estimate of drug-likeness (QED) is 0.504. The van der Waals surface area contributed by atoms with Gasteiger partial charge in [-0.25, -0.2) is 4.79 Å². The number of carbonyl (C=O) groups is 1. The third kappa shape index (κ3) is 5.73. The lowest BCUT2D eigenvalue weighted by Gasteiger charge is -2.27. The van der Waals surface area contributed by atoms with Crippen LogP contribution in [0.1, 0.15) is 38.3 Å². The van der Waals surface area contributed by atoms with Crippen molar-refractivity contribution in [1.29, 1.82) is 0 Å². The van der Waals surface area contributed by atoms with Crippen LogP contribution >= 0.6 is 0 Å². The Kier molecular flexibility index (Phi) is 6.42. The second-order valence-corrected chi connectivity index (χ2v) is 8.01. The summed E-state index contributed by atoms with van der Waals surface area (Å²) >= 11 is 0. The number of hydrogen-bond acceptors (Lipinski definition) is 5. The maximum atomic E-state index is 12.6. The summed E-state index contributed by atoms with van der Waals surface area (Å²) in [5.41, 5.74) is 2.27. The van der Waals surface area contributed by atoms with Crippen LogP contribution in [0.3, 0.4) is 0 Å². The number of carbonyl (C=O) groups excluding carboxylic acids is 1. The number of hydrogen-bond donors (Lipinski definition) is 0. The average Bonchev–Trinajstić information content (AvgIpc) is 3.05. The Hall–Kier alpha value is -3.02. The Bertz CT molecular complexity index is 944. The van der Waals surface area contributed by atoms with Gasteiger partial charge in [0.15, 0.2) is 0 Å². The molecule has 0 spiro atoms. The number of furan rings is 1. The third-order valence-electron chi connectivity index (χ3n) is 4.32. The molecule has 6 nitrogen and oxygen atoms in total. The Labute approximate surface area is 171 Å². The summed E-state index contributed by atoms with van der Waals surface area (Å²) in [6.45, 7) is 9.04. The molecule has 0 saturated heterocycles. The van der Waals surface area contributed by atoms with Crippen molar-refractivity contribution in [2.75, 3.05) is 13.2 Å². The first-order valence-corrected chi connectivity index (χ1v) is 9.80. The molecule has 2 heterocycles. The molecule has 0 bridgehead atoms. The van der Waals surface area contributed by atoms with E-state index in [4.69, 9.17) is 13.9 Å². The van der Waals surface area contributed by atoms with E-state index in [1.54, 1.807) is 23.6 Å². The van der Waals surface area contributed by atoms with Gasteiger partial charge in [-0.2, -0.15) is 0 Å². The highest BCUT2D eigenvalue weighted by Crippen LogP contribution is 2.30. The first-order chi connectivity index (χ1) is 13.8. The molecule has 0 atom stereocenters. The summed E-state index contributed by atoms with van der Waals surface area (Å²) < 4.78 is 17.1. The van der Waals surface area contributed by atoms with E-state index in [0.29, 0.717) is 26.1 Å². The number of amides is 1. The predicted octanol–water partition coefficient (Wildman–Crippen LogP) is 5.34. The maximum absolute atomic E-state index is 12.6. The molecule has 0 aliphatic heterocycles. The number of nitrogens with zero attached hydrogens (tertiary/aromatic N) is 2. The van der Waals surface area contributed by atoms with Crippen LogP contribution in [0.15, 0.2) is 53.4 Å². The Morgan fingerprint density at radius 3 is 2.76 bits per heavy atom. The fourth-order valence-electron chi connectivity index (χ4n) is 3.04. The van der Waals surface area contributed by atoms with Crippen molar-refractivity contribution in [2.24, 2.45) is 0 Å². The van der Waals surface area contributed by atoms with Gasteiger partial charge < -0.3 is 18.8 Å². The topological polar surface area (TPSA) is 64.8 Å². The Morgan fingerprint density at radius 1 is 1.21 bits per heavy atom. The first kappa shape index (κ1) is 20.7. The van der Waals surface area contributed by atoms with E-state index in [1.165, 1.54) is 0 Å². The fraction of sp³-hybridized carbons (Fsp3) is 0.391. The van der Waals surface area contributed by atoms with Gasteiger partial charge in [-0.05, 0) is 63.4 Å². The molecule has 1 amide bonds. The van der Waals surface area contributed by atoms with E-state index in [-0.39, 0.29) is 6.09 Å².